The number of hydrogen-bond donors (Lipinski definition) is 4. The lowest BCUT2D eigenvalue weighted by Gasteiger charge is -2.30. The van der Waals surface area contributed by atoms with E-state index in [0.717, 1.165) is 19.3 Å². The van der Waals surface area contributed by atoms with E-state index in [-0.39, 0.29) is 52.8 Å². The van der Waals surface area contributed by atoms with Crippen LogP contribution in [0.4, 0.5) is 18.4 Å². The number of benzene rings is 3. The second-order valence-electron chi connectivity index (χ2n) is 18.6. The number of imidazole rings is 2. The molecule has 9 rings (SSSR count). The number of alkyl halides is 2. The van der Waals surface area contributed by atoms with E-state index >= 15 is 8.78 Å². The Morgan fingerprint density at radius 1 is 0.800 bits per heavy atom. The maximum atomic E-state index is 16.6. The Morgan fingerprint density at radius 2 is 1.38 bits per heavy atom. The van der Waals surface area contributed by atoms with Crippen molar-refractivity contribution in [3.63, 3.8) is 0 Å². The van der Waals surface area contributed by atoms with Crippen LogP contribution in [0.5, 0.6) is 0 Å². The molecule has 5 aromatic rings. The van der Waals surface area contributed by atoms with Gasteiger partial charge in [0.2, 0.25) is 17.9 Å². The molecule has 4 heterocycles. The molecular weight excluding hydrogens is 837 g/mol. The van der Waals surface area contributed by atoms with Gasteiger partial charge in [0.1, 0.15) is 23.7 Å². The van der Waals surface area contributed by atoms with Crippen molar-refractivity contribution in [2.45, 2.75) is 89.5 Å². The first-order valence-electron chi connectivity index (χ1n) is 21.9. The first-order chi connectivity index (χ1) is 31.0. The number of methoxy groups -OCH3 is 2. The molecule has 2 aliphatic carbocycles. The molecule has 17 heteroatoms. The number of aromatic nitrogens is 4. The Kier molecular flexibility index (Phi) is 10.9. The molecule has 5 atom stereocenters. The van der Waals surface area contributed by atoms with E-state index in [0.29, 0.717) is 69.2 Å². The van der Waals surface area contributed by atoms with E-state index in [9.17, 15) is 19.2 Å². The van der Waals surface area contributed by atoms with E-state index in [4.69, 9.17) is 21.0 Å². The van der Waals surface area contributed by atoms with Gasteiger partial charge in [-0.2, -0.15) is 8.78 Å². The fraction of sp³-hybridized carbons (Fsp3) is 0.438. The van der Waals surface area contributed by atoms with Gasteiger partial charge in [-0.1, -0.05) is 58.0 Å². The second kappa shape index (κ2) is 16.3. The molecular formula is C48H51F2N9O6. The van der Waals surface area contributed by atoms with Crippen molar-refractivity contribution in [3.05, 3.63) is 95.0 Å². The summed E-state index contributed by atoms with van der Waals surface area (Å²) < 4.78 is 42.8. The van der Waals surface area contributed by atoms with Crippen LogP contribution in [-0.4, -0.2) is 99.2 Å². The minimum atomic E-state index is -3.32. The van der Waals surface area contributed by atoms with Crippen LogP contribution in [0.15, 0.2) is 60.8 Å². The summed E-state index contributed by atoms with van der Waals surface area (Å²) in [5, 5.41) is 5.32. The van der Waals surface area contributed by atoms with Gasteiger partial charge in [0.05, 0.1) is 62.2 Å². The van der Waals surface area contributed by atoms with Crippen LogP contribution in [0.25, 0.3) is 49.4 Å². The summed E-state index contributed by atoms with van der Waals surface area (Å²) in [5.41, 5.74) is 4.30. The Bertz CT molecular complexity index is 2770. The van der Waals surface area contributed by atoms with Crippen LogP contribution in [0.1, 0.15) is 88.2 Å². The average molecular weight is 888 g/mol. The first kappa shape index (κ1) is 43.4. The van der Waals surface area contributed by atoms with Gasteiger partial charge in [-0.15, -0.1) is 0 Å². The highest BCUT2D eigenvalue weighted by Crippen LogP contribution is 2.58. The zero-order chi connectivity index (χ0) is 46.1. The molecule has 65 heavy (non-hydrogen) atoms. The van der Waals surface area contributed by atoms with Crippen molar-refractivity contribution in [2.75, 3.05) is 27.3 Å². The zero-order valence-corrected chi connectivity index (χ0v) is 37.0. The lowest BCUT2D eigenvalue weighted by molar-refractivity contribution is -0.136. The molecule has 2 saturated heterocycles. The van der Waals surface area contributed by atoms with Crippen molar-refractivity contribution >= 4 is 35.0 Å². The number of alkyl carbamates (subject to hydrolysis) is 2. The number of carbonyl (C=O) groups excluding carboxylic acids is 4. The third kappa shape index (κ3) is 7.72. The third-order valence-electron chi connectivity index (χ3n) is 13.7. The molecule has 338 valence electrons. The van der Waals surface area contributed by atoms with E-state index < -0.39 is 42.3 Å². The highest BCUT2D eigenvalue weighted by molar-refractivity contribution is 5.89. The molecule has 3 fully saturated rings. The summed E-state index contributed by atoms with van der Waals surface area (Å²) in [5.74, 6) is -3.27. The van der Waals surface area contributed by atoms with Gasteiger partial charge in [-0.3, -0.25) is 9.59 Å². The number of nitrogens with one attached hydrogen (secondary N) is 4. The summed E-state index contributed by atoms with van der Waals surface area (Å²) >= 11 is 0. The van der Waals surface area contributed by atoms with Gasteiger partial charge >= 0.3 is 12.2 Å². The van der Waals surface area contributed by atoms with Crippen LogP contribution in [0, 0.1) is 23.8 Å². The second-order valence-corrected chi connectivity index (χ2v) is 18.6. The Labute approximate surface area is 374 Å². The summed E-state index contributed by atoms with van der Waals surface area (Å²) in [6.07, 6.45) is 3.23. The number of aromatic amines is 2. The number of hydrogen-bond acceptors (Lipinski definition) is 8. The van der Waals surface area contributed by atoms with E-state index in [1.54, 1.807) is 43.1 Å². The highest BCUT2D eigenvalue weighted by Gasteiger charge is 2.55. The molecule has 3 aromatic carbocycles. The van der Waals surface area contributed by atoms with Gasteiger partial charge in [-0.05, 0) is 83.0 Å². The molecule has 4 aliphatic rings. The normalized spacial score (nSPS) is 21.0. The average Bonchev–Trinajstić information content (AvgIpc) is 3.82. The van der Waals surface area contributed by atoms with Gasteiger partial charge in [0, 0.05) is 23.2 Å². The fourth-order valence-corrected chi connectivity index (χ4v) is 9.83. The van der Waals surface area contributed by atoms with Gasteiger partial charge in [0.25, 0.3) is 5.92 Å². The summed E-state index contributed by atoms with van der Waals surface area (Å²) in [6, 6.07) is 12.5. The smallest absolute Gasteiger partial charge is 0.407 e. The van der Waals surface area contributed by atoms with E-state index in [1.807, 2.05) is 43.0 Å². The maximum absolute atomic E-state index is 16.6. The Hall–Kier alpha value is -6.83. The molecule has 15 nitrogen and oxygen atoms in total. The number of rotatable bonds is 10. The predicted molar refractivity (Wildman–Crippen MR) is 236 cm³/mol. The largest absolute Gasteiger partial charge is 0.453 e. The molecule has 2 aromatic heterocycles. The lowest BCUT2D eigenvalue weighted by Crippen LogP contribution is -2.51. The highest BCUT2D eigenvalue weighted by atomic mass is 19.3. The van der Waals surface area contributed by atoms with Crippen molar-refractivity contribution in [2.24, 2.45) is 17.3 Å². The Balaban J connectivity index is 0.957. The maximum Gasteiger partial charge on any atom is 0.407 e. The van der Waals surface area contributed by atoms with E-state index in [2.05, 4.69) is 30.4 Å². The third-order valence-corrected chi connectivity index (χ3v) is 13.7. The van der Waals surface area contributed by atoms with Gasteiger partial charge in [0.15, 0.2) is 0 Å². The quantitative estimate of drug-likeness (QED) is 0.102. The first-order valence-corrected chi connectivity index (χ1v) is 21.9. The number of likely N-dealkylation sites (tertiary alicyclic amines) is 2. The van der Waals surface area contributed by atoms with Crippen LogP contribution in [0.2, 0.25) is 0 Å². The van der Waals surface area contributed by atoms with E-state index in [1.165, 1.54) is 26.4 Å². The topological polar surface area (TPSA) is 179 Å². The fourth-order valence-electron chi connectivity index (χ4n) is 9.83. The van der Waals surface area contributed by atoms with Gasteiger partial charge in [-0.25, -0.2) is 26.1 Å². The van der Waals surface area contributed by atoms with Crippen LogP contribution >= 0.6 is 0 Å². The van der Waals surface area contributed by atoms with Gasteiger partial charge < -0.3 is 44.7 Å². The van der Waals surface area contributed by atoms with Crippen LogP contribution < -0.4 is 10.6 Å². The molecule has 0 unspecified atom stereocenters. The number of halogens is 2. The molecule has 4 amide bonds. The number of nitrogens with zero attached hydrogens (tertiary/aromatic N) is 5. The molecule has 0 bridgehead atoms. The molecule has 2 aliphatic heterocycles. The van der Waals surface area contributed by atoms with Crippen molar-refractivity contribution in [3.8, 4) is 33.5 Å². The van der Waals surface area contributed by atoms with Crippen LogP contribution in [0.3, 0.4) is 0 Å². The Morgan fingerprint density at radius 3 is 1.98 bits per heavy atom. The van der Waals surface area contributed by atoms with Crippen LogP contribution in [-0.2, 0) is 25.0 Å². The molecule has 1 spiro atoms. The molecule has 4 N–H and O–H groups in total. The molecule has 1 saturated carbocycles. The summed E-state index contributed by atoms with van der Waals surface area (Å²) in [4.78, 5) is 75.3. The SMILES string of the molecule is [C-]#[N+][C@H]1C[C@@H](c2ncc(-c3ccc4c(c3)C(F)(F)c3cc(-c5ccc6nc([C@@H]7CC8(CC8)CN7C(=O)[C@@H](NC(=O)OC)C(C)C)[nH]c6c5)ccc3-4)[nH]2)N(C(=O)[C@@H](NC(=O)OC)C(C)C)C1. The van der Waals surface area contributed by atoms with Crippen molar-refractivity contribution in [1.29, 1.82) is 0 Å². The number of ether oxygens (including phenoxy) is 2. The number of carbonyl (C=O) groups is 4. The number of H-pyrrole nitrogens is 2. The number of amides is 4. The summed E-state index contributed by atoms with van der Waals surface area (Å²) in [7, 11) is 2.49. The lowest BCUT2D eigenvalue weighted by atomic mass is 9.98. The van der Waals surface area contributed by atoms with Crippen molar-refractivity contribution < 1.29 is 37.4 Å². The number of fused-ring (bicyclic) bond motifs is 4. The predicted octanol–water partition coefficient (Wildman–Crippen LogP) is 8.12. The minimum absolute atomic E-state index is 0.0271. The monoisotopic (exact) mass is 887 g/mol. The molecule has 0 radical (unpaired) electrons. The minimum Gasteiger partial charge on any atom is -0.453 e. The standard InChI is InChI=1S/C48H51F2N9O6/c1-24(2)39(56-45(62)64-6)43(60)58-22-29(51-5)19-37(58)41-52-21-36(55-41)28-9-12-31-30-11-8-26(16-32(30)48(49,50)33(31)17-28)27-10-13-34-35(18-27)54-42(53-34)38-20-47(14-15-47)23-59(38)44(61)40(25(3)4)57-46(63)65-7/h8-13,16-18,21,24-25,29,37-40H,14-15,19-20,22-23H2,1-4,6-7H3,(H,52,55)(H,53,54)(H,56,62)(H,57,63)/t29-,37-,38-,39-,40-/m0/s1. The zero-order valence-electron chi connectivity index (χ0n) is 37.0. The van der Waals surface area contributed by atoms with Crippen molar-refractivity contribution in [1.82, 2.24) is 40.4 Å². The summed E-state index contributed by atoms with van der Waals surface area (Å²) in [6.45, 7) is 15.8.